The third kappa shape index (κ3) is 7.00. The number of benzene rings is 2. The van der Waals surface area contributed by atoms with Crippen molar-refractivity contribution in [2.24, 2.45) is 0 Å². The number of pyridine rings is 1. The summed E-state index contributed by atoms with van der Waals surface area (Å²) in [5.74, 6) is -0.421. The van der Waals surface area contributed by atoms with Crippen LogP contribution in [0.4, 0.5) is 31.1 Å². The van der Waals surface area contributed by atoms with Crippen LogP contribution < -0.4 is 0 Å². The normalized spacial score (nSPS) is 13.4. The standard InChI is InChI=1S/C26H26F6N2O4S/c1-4-9-39(36,37)23(19-12-18-8-6-7-16(3)22(18)33-14-19)34(24(35)38-5-2)15-17-10-20(25(27,28)29)13-21(11-17)26(30,31)32/h6-8,10-14,23H,4-5,9,15H2,1-3H3. The molecule has 1 atom stereocenters. The van der Waals surface area contributed by atoms with Crippen molar-refractivity contribution in [2.75, 3.05) is 12.4 Å². The van der Waals surface area contributed by atoms with Gasteiger partial charge in [-0.2, -0.15) is 26.3 Å². The van der Waals surface area contributed by atoms with Crippen LogP contribution in [-0.2, 0) is 33.5 Å². The number of rotatable bonds is 8. The highest BCUT2D eigenvalue weighted by molar-refractivity contribution is 7.91. The van der Waals surface area contributed by atoms with Crippen LogP contribution in [0, 0.1) is 6.92 Å². The van der Waals surface area contributed by atoms with Crippen molar-refractivity contribution in [3.63, 3.8) is 0 Å². The number of aromatic nitrogens is 1. The number of hydrogen-bond donors (Lipinski definition) is 0. The number of para-hydroxylation sites is 1. The lowest BCUT2D eigenvalue weighted by Crippen LogP contribution is -2.40. The van der Waals surface area contributed by atoms with Gasteiger partial charge in [-0.1, -0.05) is 25.1 Å². The molecule has 0 radical (unpaired) electrons. The Kier molecular flexibility index (Phi) is 8.83. The molecule has 3 aromatic rings. The molecule has 0 spiro atoms. The molecule has 1 aromatic heterocycles. The maximum Gasteiger partial charge on any atom is 0.416 e. The van der Waals surface area contributed by atoms with Crippen molar-refractivity contribution in [1.82, 2.24) is 9.88 Å². The van der Waals surface area contributed by atoms with Crippen LogP contribution in [0.15, 0.2) is 48.7 Å². The Hall–Kier alpha value is -3.35. The van der Waals surface area contributed by atoms with Crippen LogP contribution >= 0.6 is 0 Å². The van der Waals surface area contributed by atoms with Gasteiger partial charge in [-0.05, 0) is 55.7 Å². The lowest BCUT2D eigenvalue weighted by atomic mass is 10.0. The van der Waals surface area contributed by atoms with Gasteiger partial charge < -0.3 is 4.74 Å². The third-order valence-corrected chi connectivity index (χ3v) is 8.02. The number of alkyl halides is 6. The Labute approximate surface area is 221 Å². The molecule has 0 N–H and O–H groups in total. The highest BCUT2D eigenvalue weighted by Crippen LogP contribution is 2.38. The molecule has 13 heteroatoms. The second kappa shape index (κ2) is 11.4. The molecular weight excluding hydrogens is 550 g/mol. The van der Waals surface area contributed by atoms with Gasteiger partial charge in [-0.25, -0.2) is 13.2 Å². The van der Waals surface area contributed by atoms with Crippen molar-refractivity contribution in [2.45, 2.75) is 51.5 Å². The fourth-order valence-electron chi connectivity index (χ4n) is 4.20. The average molecular weight is 577 g/mol. The fraction of sp³-hybridized carbons (Fsp3) is 0.385. The van der Waals surface area contributed by atoms with Crippen molar-refractivity contribution in [3.8, 4) is 0 Å². The van der Waals surface area contributed by atoms with Crippen LogP contribution in [0.25, 0.3) is 10.9 Å². The number of sulfone groups is 1. The summed E-state index contributed by atoms with van der Waals surface area (Å²) in [5.41, 5.74) is -2.40. The Morgan fingerprint density at radius 2 is 1.62 bits per heavy atom. The maximum atomic E-state index is 13.5. The largest absolute Gasteiger partial charge is 0.450 e. The van der Waals surface area contributed by atoms with Crippen molar-refractivity contribution >= 4 is 26.8 Å². The number of aryl methyl sites for hydroxylation is 1. The summed E-state index contributed by atoms with van der Waals surface area (Å²) in [4.78, 5) is 18.0. The summed E-state index contributed by atoms with van der Waals surface area (Å²) in [6.07, 6.45) is -10.1. The third-order valence-electron chi connectivity index (χ3n) is 5.83. The van der Waals surface area contributed by atoms with E-state index in [0.717, 1.165) is 5.56 Å². The van der Waals surface area contributed by atoms with Crippen LogP contribution in [-0.4, -0.2) is 36.8 Å². The van der Waals surface area contributed by atoms with E-state index in [4.69, 9.17) is 4.74 Å². The van der Waals surface area contributed by atoms with E-state index in [2.05, 4.69) is 4.98 Å². The van der Waals surface area contributed by atoms with E-state index in [0.29, 0.717) is 27.9 Å². The summed E-state index contributed by atoms with van der Waals surface area (Å²) in [6.45, 7) is 3.66. The zero-order valence-electron chi connectivity index (χ0n) is 21.2. The Morgan fingerprint density at radius 1 is 1.00 bits per heavy atom. The molecule has 6 nitrogen and oxygen atoms in total. The number of nitrogens with zero attached hydrogens (tertiary/aromatic N) is 2. The van der Waals surface area contributed by atoms with E-state index < -0.39 is 62.6 Å². The zero-order chi connectivity index (χ0) is 29.2. The van der Waals surface area contributed by atoms with Crippen LogP contribution in [0.1, 0.15) is 53.5 Å². The molecule has 0 bridgehead atoms. The number of amides is 1. The molecule has 0 saturated heterocycles. The predicted molar refractivity (Wildman–Crippen MR) is 132 cm³/mol. The maximum absolute atomic E-state index is 13.5. The minimum Gasteiger partial charge on any atom is -0.450 e. The fourth-order valence-corrected chi connectivity index (χ4v) is 6.08. The molecule has 1 amide bonds. The number of hydrogen-bond acceptors (Lipinski definition) is 5. The molecule has 0 aliphatic rings. The molecule has 1 heterocycles. The summed E-state index contributed by atoms with van der Waals surface area (Å²) >= 11 is 0. The van der Waals surface area contributed by atoms with Gasteiger partial charge >= 0.3 is 18.4 Å². The monoisotopic (exact) mass is 576 g/mol. The molecule has 212 valence electrons. The van der Waals surface area contributed by atoms with Gasteiger partial charge in [-0.3, -0.25) is 9.88 Å². The first-order chi connectivity index (χ1) is 18.1. The Morgan fingerprint density at radius 3 is 2.15 bits per heavy atom. The molecule has 0 aliphatic carbocycles. The SMILES string of the molecule is CCCS(=O)(=O)C(c1cnc2c(C)cccc2c1)N(Cc1cc(C(F)(F)F)cc(C(F)(F)F)c1)C(=O)OCC. The van der Waals surface area contributed by atoms with Gasteiger partial charge in [0.05, 0.1) is 35.5 Å². The molecular formula is C26H26F6N2O4S. The summed E-state index contributed by atoms with van der Waals surface area (Å²) in [5, 5.41) is -1.26. The number of carbonyl (C=O) groups is 1. The first kappa shape index (κ1) is 30.2. The quantitative estimate of drug-likeness (QED) is 0.268. The smallest absolute Gasteiger partial charge is 0.416 e. The van der Waals surface area contributed by atoms with E-state index in [9.17, 15) is 39.6 Å². The van der Waals surface area contributed by atoms with E-state index >= 15 is 0 Å². The second-order valence-electron chi connectivity index (χ2n) is 8.88. The Bertz CT molecular complexity index is 1420. The van der Waals surface area contributed by atoms with Gasteiger partial charge in [0.25, 0.3) is 0 Å². The number of halogens is 6. The van der Waals surface area contributed by atoms with E-state index in [1.165, 1.54) is 19.2 Å². The Balaban J connectivity index is 2.25. The lowest BCUT2D eigenvalue weighted by Gasteiger charge is -2.31. The molecule has 3 rings (SSSR count). The number of carbonyl (C=O) groups excluding carboxylic acids is 1. The zero-order valence-corrected chi connectivity index (χ0v) is 22.0. The minimum atomic E-state index is -5.13. The molecule has 39 heavy (non-hydrogen) atoms. The van der Waals surface area contributed by atoms with E-state index in [1.807, 2.05) is 0 Å². The highest BCUT2D eigenvalue weighted by atomic mass is 32.2. The molecule has 0 aliphatic heterocycles. The van der Waals surface area contributed by atoms with Crippen LogP contribution in [0.2, 0.25) is 0 Å². The van der Waals surface area contributed by atoms with Gasteiger partial charge in [-0.15, -0.1) is 0 Å². The van der Waals surface area contributed by atoms with Crippen molar-refractivity contribution < 1.29 is 44.3 Å². The van der Waals surface area contributed by atoms with E-state index in [-0.39, 0.29) is 24.7 Å². The molecule has 0 fully saturated rings. The predicted octanol–water partition coefficient (Wildman–Crippen LogP) is 7.06. The van der Waals surface area contributed by atoms with Gasteiger partial charge in [0, 0.05) is 17.1 Å². The number of fused-ring (bicyclic) bond motifs is 1. The van der Waals surface area contributed by atoms with Gasteiger partial charge in [0.15, 0.2) is 15.2 Å². The first-order valence-corrected chi connectivity index (χ1v) is 13.6. The van der Waals surface area contributed by atoms with Gasteiger partial charge in [0.1, 0.15) is 0 Å². The summed E-state index contributed by atoms with van der Waals surface area (Å²) in [6, 6.07) is 7.51. The summed E-state index contributed by atoms with van der Waals surface area (Å²) in [7, 11) is -4.22. The second-order valence-corrected chi connectivity index (χ2v) is 11.1. The first-order valence-electron chi connectivity index (χ1n) is 11.9. The van der Waals surface area contributed by atoms with Gasteiger partial charge in [0.2, 0.25) is 0 Å². The van der Waals surface area contributed by atoms with Crippen molar-refractivity contribution in [3.05, 3.63) is 76.5 Å². The van der Waals surface area contributed by atoms with Crippen molar-refractivity contribution in [1.29, 1.82) is 0 Å². The van der Waals surface area contributed by atoms with E-state index in [1.54, 1.807) is 32.0 Å². The average Bonchev–Trinajstić information content (AvgIpc) is 2.82. The molecule has 1 unspecified atom stereocenters. The topological polar surface area (TPSA) is 76.6 Å². The number of ether oxygens (including phenoxy) is 1. The van der Waals surface area contributed by atoms with Crippen LogP contribution in [0.5, 0.6) is 0 Å². The summed E-state index contributed by atoms with van der Waals surface area (Å²) < 4.78 is 113. The highest BCUT2D eigenvalue weighted by Gasteiger charge is 2.40. The van der Waals surface area contributed by atoms with Crippen LogP contribution in [0.3, 0.4) is 0 Å². The molecule has 0 saturated carbocycles. The minimum absolute atomic E-state index is 0.0117. The lowest BCUT2D eigenvalue weighted by molar-refractivity contribution is -0.143. The molecule has 2 aromatic carbocycles.